The van der Waals surface area contributed by atoms with Gasteiger partial charge in [-0.1, -0.05) is 0 Å². The molecule has 1 aliphatic heterocycles. The van der Waals surface area contributed by atoms with Crippen molar-refractivity contribution >= 4 is 11.9 Å². The Balaban J connectivity index is 2.18. The van der Waals surface area contributed by atoms with E-state index in [4.69, 9.17) is 4.74 Å². The summed E-state index contributed by atoms with van der Waals surface area (Å²) in [4.78, 5) is 23.1. The Morgan fingerprint density at radius 2 is 2.08 bits per heavy atom. The summed E-state index contributed by atoms with van der Waals surface area (Å²) in [6, 6.07) is 0. The van der Waals surface area contributed by atoms with Crippen LogP contribution in [-0.2, 0) is 14.3 Å². The fourth-order valence-electron chi connectivity index (χ4n) is 3.58. The number of fused-ring (bicyclic) bond motifs is 1. The molecule has 3 fully saturated rings. The van der Waals surface area contributed by atoms with Crippen LogP contribution in [0.5, 0.6) is 0 Å². The highest BCUT2D eigenvalue weighted by atomic mass is 16.6. The predicted octanol–water partition coefficient (Wildman–Crippen LogP) is 1.27. The summed E-state index contributed by atoms with van der Waals surface area (Å²) in [7, 11) is 0. The van der Waals surface area contributed by atoms with Crippen molar-refractivity contribution in [3.63, 3.8) is 0 Å². The van der Waals surface area contributed by atoms with Crippen molar-refractivity contribution in [3.8, 4) is 0 Å². The van der Waals surface area contributed by atoms with Gasteiger partial charge in [0.25, 0.3) is 0 Å². The van der Waals surface area contributed by atoms with Crippen LogP contribution in [0.3, 0.4) is 0 Å². The molecule has 70 valence electrons. The number of esters is 2. The van der Waals surface area contributed by atoms with Crippen LogP contribution in [0.1, 0.15) is 32.6 Å². The molecule has 1 saturated heterocycles. The normalized spacial score (nSPS) is 52.5. The van der Waals surface area contributed by atoms with Gasteiger partial charge in [0.1, 0.15) is 0 Å². The predicted molar refractivity (Wildman–Crippen MR) is 43.6 cm³/mol. The molecule has 2 bridgehead atoms. The van der Waals surface area contributed by atoms with Crippen molar-refractivity contribution < 1.29 is 14.3 Å². The maximum atomic E-state index is 11.6. The first-order valence-electron chi connectivity index (χ1n) is 4.85. The SMILES string of the molecule is CC12CC3CCC1(C3)C(=O)OC2=O. The number of cyclic esters (lactones) is 2. The van der Waals surface area contributed by atoms with E-state index in [1.54, 1.807) is 0 Å². The molecule has 13 heavy (non-hydrogen) atoms. The molecular formula is C10H12O3. The third-order valence-electron chi connectivity index (χ3n) is 4.40. The smallest absolute Gasteiger partial charge is 0.320 e. The van der Waals surface area contributed by atoms with E-state index >= 15 is 0 Å². The van der Waals surface area contributed by atoms with Crippen LogP contribution < -0.4 is 0 Å². The van der Waals surface area contributed by atoms with Crippen LogP contribution in [0.25, 0.3) is 0 Å². The van der Waals surface area contributed by atoms with Gasteiger partial charge in [-0.25, -0.2) is 0 Å². The topological polar surface area (TPSA) is 43.4 Å². The van der Waals surface area contributed by atoms with Crippen LogP contribution in [-0.4, -0.2) is 11.9 Å². The lowest BCUT2D eigenvalue weighted by Crippen LogP contribution is -2.38. The molecule has 3 atom stereocenters. The van der Waals surface area contributed by atoms with Crippen molar-refractivity contribution in [1.82, 2.24) is 0 Å². The Kier molecular flexibility index (Phi) is 1.05. The van der Waals surface area contributed by atoms with E-state index in [0.29, 0.717) is 5.92 Å². The molecule has 0 N–H and O–H groups in total. The van der Waals surface area contributed by atoms with E-state index in [1.807, 2.05) is 6.92 Å². The molecule has 0 radical (unpaired) electrons. The van der Waals surface area contributed by atoms with Gasteiger partial charge in [0.15, 0.2) is 0 Å². The number of carbonyl (C=O) groups is 2. The third kappa shape index (κ3) is 0.578. The highest BCUT2D eigenvalue weighted by Gasteiger charge is 2.72. The Morgan fingerprint density at radius 1 is 1.31 bits per heavy atom. The van der Waals surface area contributed by atoms with Gasteiger partial charge in [0.2, 0.25) is 0 Å². The van der Waals surface area contributed by atoms with Gasteiger partial charge in [0, 0.05) is 0 Å². The first-order valence-corrected chi connectivity index (χ1v) is 4.85. The molecule has 2 aliphatic carbocycles. The average molecular weight is 180 g/mol. The highest BCUT2D eigenvalue weighted by Crippen LogP contribution is 2.67. The van der Waals surface area contributed by atoms with Gasteiger partial charge in [-0.2, -0.15) is 0 Å². The van der Waals surface area contributed by atoms with Crippen molar-refractivity contribution in [3.05, 3.63) is 0 Å². The van der Waals surface area contributed by atoms with Gasteiger partial charge in [0.05, 0.1) is 10.8 Å². The van der Waals surface area contributed by atoms with Crippen LogP contribution in [0.2, 0.25) is 0 Å². The Bertz CT molecular complexity index is 320. The lowest BCUT2D eigenvalue weighted by Gasteiger charge is -2.31. The quantitative estimate of drug-likeness (QED) is 0.416. The van der Waals surface area contributed by atoms with Gasteiger partial charge < -0.3 is 4.74 Å². The first-order chi connectivity index (χ1) is 6.08. The molecule has 3 aliphatic rings. The minimum Gasteiger partial charge on any atom is -0.392 e. The van der Waals surface area contributed by atoms with Gasteiger partial charge in [-0.15, -0.1) is 0 Å². The molecule has 3 unspecified atom stereocenters. The second-order valence-electron chi connectivity index (χ2n) is 4.90. The maximum absolute atomic E-state index is 11.6. The lowest BCUT2D eigenvalue weighted by atomic mass is 9.65. The molecule has 2 saturated carbocycles. The summed E-state index contributed by atoms with van der Waals surface area (Å²) in [5.74, 6) is 0.0569. The van der Waals surface area contributed by atoms with E-state index in [1.165, 1.54) is 0 Å². The summed E-state index contributed by atoms with van der Waals surface area (Å²) in [5.41, 5.74) is -0.901. The van der Waals surface area contributed by atoms with Crippen molar-refractivity contribution in [2.75, 3.05) is 0 Å². The molecule has 3 nitrogen and oxygen atoms in total. The molecular weight excluding hydrogens is 168 g/mol. The number of ether oxygens (including phenoxy) is 1. The molecule has 1 spiro atoms. The summed E-state index contributed by atoms with van der Waals surface area (Å²) in [5, 5.41) is 0. The summed E-state index contributed by atoms with van der Waals surface area (Å²) >= 11 is 0. The van der Waals surface area contributed by atoms with Crippen LogP contribution >= 0.6 is 0 Å². The van der Waals surface area contributed by atoms with E-state index in [0.717, 1.165) is 25.7 Å². The zero-order valence-electron chi connectivity index (χ0n) is 7.63. The summed E-state index contributed by atoms with van der Waals surface area (Å²) < 4.78 is 4.77. The first kappa shape index (κ1) is 7.54. The number of carbonyl (C=O) groups excluding carboxylic acids is 2. The van der Waals surface area contributed by atoms with Crippen LogP contribution in [0, 0.1) is 16.7 Å². The standard InChI is InChI=1S/C10H12O3/c1-9-4-6-2-3-10(9,5-6)8(12)13-7(9)11/h6H,2-5H2,1H3. The highest BCUT2D eigenvalue weighted by molar-refractivity contribution is 6.02. The second kappa shape index (κ2) is 1.81. The fraction of sp³-hybridized carbons (Fsp3) is 0.800. The third-order valence-corrected chi connectivity index (χ3v) is 4.40. The number of hydrogen-bond acceptors (Lipinski definition) is 3. The average Bonchev–Trinajstić information content (AvgIpc) is 2.64. The Morgan fingerprint density at radius 3 is 2.69 bits per heavy atom. The molecule has 3 heteroatoms. The zero-order valence-corrected chi connectivity index (χ0v) is 7.63. The van der Waals surface area contributed by atoms with E-state index in [9.17, 15) is 9.59 Å². The van der Waals surface area contributed by atoms with E-state index in [2.05, 4.69) is 0 Å². The minimum absolute atomic E-state index is 0.250. The van der Waals surface area contributed by atoms with Crippen molar-refractivity contribution in [1.29, 1.82) is 0 Å². The summed E-state index contributed by atoms with van der Waals surface area (Å²) in [6.45, 7) is 1.90. The van der Waals surface area contributed by atoms with Gasteiger partial charge >= 0.3 is 11.9 Å². The molecule has 1 heterocycles. The fourth-order valence-corrected chi connectivity index (χ4v) is 3.58. The van der Waals surface area contributed by atoms with E-state index < -0.39 is 10.8 Å². The van der Waals surface area contributed by atoms with E-state index in [-0.39, 0.29) is 11.9 Å². The minimum atomic E-state index is -0.479. The Labute approximate surface area is 76.4 Å². The van der Waals surface area contributed by atoms with Crippen molar-refractivity contribution in [2.45, 2.75) is 32.6 Å². The maximum Gasteiger partial charge on any atom is 0.320 e. The monoisotopic (exact) mass is 180 g/mol. The zero-order chi connectivity index (χ0) is 9.27. The van der Waals surface area contributed by atoms with Crippen LogP contribution in [0.4, 0.5) is 0 Å². The molecule has 3 rings (SSSR count). The lowest BCUT2D eigenvalue weighted by molar-refractivity contribution is -0.156. The number of rotatable bonds is 0. The van der Waals surface area contributed by atoms with Crippen molar-refractivity contribution in [2.24, 2.45) is 16.7 Å². The molecule has 0 amide bonds. The largest absolute Gasteiger partial charge is 0.392 e. The van der Waals surface area contributed by atoms with Gasteiger partial charge in [-0.05, 0) is 38.5 Å². The number of hydrogen-bond donors (Lipinski definition) is 0. The van der Waals surface area contributed by atoms with Gasteiger partial charge in [-0.3, -0.25) is 9.59 Å². The second-order valence-corrected chi connectivity index (χ2v) is 4.90. The molecule has 0 aromatic carbocycles. The Hall–Kier alpha value is -0.860. The molecule has 0 aromatic rings. The van der Waals surface area contributed by atoms with Crippen LogP contribution in [0.15, 0.2) is 0 Å². The molecule has 0 aromatic heterocycles. The summed E-state index contributed by atoms with van der Waals surface area (Å²) in [6.07, 6.45) is 3.70.